The summed E-state index contributed by atoms with van der Waals surface area (Å²) in [5, 5.41) is 0. The molecule has 2 aliphatic heterocycles. The van der Waals surface area contributed by atoms with Crippen LogP contribution in [0.3, 0.4) is 0 Å². The van der Waals surface area contributed by atoms with Gasteiger partial charge in [-0.3, -0.25) is 14.4 Å². The van der Waals surface area contributed by atoms with E-state index < -0.39 is 0 Å². The van der Waals surface area contributed by atoms with Crippen LogP contribution < -0.4 is 0 Å². The molecule has 2 aliphatic rings. The van der Waals surface area contributed by atoms with Gasteiger partial charge < -0.3 is 14.7 Å². The van der Waals surface area contributed by atoms with E-state index in [-0.39, 0.29) is 17.7 Å². The molecule has 3 rings (SSSR count). The number of piperazine rings is 1. The monoisotopic (exact) mass is 343 g/mol. The van der Waals surface area contributed by atoms with Gasteiger partial charge in [0.25, 0.3) is 5.91 Å². The fraction of sp³-hybridized carbons (Fsp3) is 0.526. The van der Waals surface area contributed by atoms with Crippen LogP contribution in [-0.2, 0) is 9.59 Å². The first kappa shape index (κ1) is 17.5. The van der Waals surface area contributed by atoms with E-state index in [0.717, 1.165) is 17.5 Å². The molecular weight excluding hydrogens is 318 g/mol. The number of nitrogens with zero attached hydrogens (tertiary/aromatic N) is 3. The summed E-state index contributed by atoms with van der Waals surface area (Å²) < 4.78 is 0. The number of aryl methyl sites for hydroxylation is 1. The molecule has 2 saturated heterocycles. The first-order chi connectivity index (χ1) is 12.1. The van der Waals surface area contributed by atoms with Crippen LogP contribution in [0.2, 0.25) is 0 Å². The molecule has 0 bridgehead atoms. The van der Waals surface area contributed by atoms with Gasteiger partial charge in [0.2, 0.25) is 12.3 Å². The minimum absolute atomic E-state index is 0.00987. The highest BCUT2D eigenvalue weighted by molar-refractivity contribution is 5.94. The molecule has 1 aromatic carbocycles. The van der Waals surface area contributed by atoms with E-state index in [1.807, 2.05) is 41.0 Å². The van der Waals surface area contributed by atoms with E-state index in [9.17, 15) is 14.4 Å². The number of carbonyl (C=O) groups is 3. The predicted molar refractivity (Wildman–Crippen MR) is 94.0 cm³/mol. The zero-order valence-corrected chi connectivity index (χ0v) is 14.7. The highest BCUT2D eigenvalue weighted by Crippen LogP contribution is 2.22. The number of amides is 3. The van der Waals surface area contributed by atoms with Crippen LogP contribution in [-0.4, -0.2) is 72.2 Å². The zero-order chi connectivity index (χ0) is 17.8. The van der Waals surface area contributed by atoms with Crippen molar-refractivity contribution in [2.45, 2.75) is 19.8 Å². The van der Waals surface area contributed by atoms with Crippen molar-refractivity contribution in [1.29, 1.82) is 0 Å². The number of rotatable bonds is 3. The van der Waals surface area contributed by atoms with E-state index >= 15 is 0 Å². The molecule has 25 heavy (non-hydrogen) atoms. The van der Waals surface area contributed by atoms with Crippen LogP contribution in [0.25, 0.3) is 0 Å². The Hall–Kier alpha value is -2.37. The molecule has 2 heterocycles. The van der Waals surface area contributed by atoms with Gasteiger partial charge in [-0.25, -0.2) is 0 Å². The second-order valence-corrected chi connectivity index (χ2v) is 6.90. The lowest BCUT2D eigenvalue weighted by molar-refractivity contribution is -0.140. The third-order valence-corrected chi connectivity index (χ3v) is 5.17. The van der Waals surface area contributed by atoms with Crippen molar-refractivity contribution in [3.8, 4) is 0 Å². The number of carbonyl (C=O) groups excluding carboxylic acids is 3. The van der Waals surface area contributed by atoms with Gasteiger partial charge in [0.1, 0.15) is 0 Å². The molecule has 0 aromatic heterocycles. The van der Waals surface area contributed by atoms with Crippen LogP contribution in [0.4, 0.5) is 0 Å². The van der Waals surface area contributed by atoms with Crippen LogP contribution >= 0.6 is 0 Å². The Morgan fingerprint density at radius 1 is 1.00 bits per heavy atom. The summed E-state index contributed by atoms with van der Waals surface area (Å²) in [6, 6.07) is 7.63. The van der Waals surface area contributed by atoms with Crippen LogP contribution in [0.5, 0.6) is 0 Å². The van der Waals surface area contributed by atoms with Gasteiger partial charge >= 0.3 is 0 Å². The average molecular weight is 343 g/mol. The molecule has 1 aromatic rings. The second-order valence-electron chi connectivity index (χ2n) is 6.90. The molecule has 0 radical (unpaired) electrons. The fourth-order valence-corrected chi connectivity index (χ4v) is 3.60. The van der Waals surface area contributed by atoms with E-state index in [1.54, 1.807) is 4.90 Å². The van der Waals surface area contributed by atoms with Gasteiger partial charge in [-0.2, -0.15) is 0 Å². The fourth-order valence-electron chi connectivity index (χ4n) is 3.60. The van der Waals surface area contributed by atoms with Crippen molar-refractivity contribution >= 4 is 18.2 Å². The Labute approximate surface area is 148 Å². The van der Waals surface area contributed by atoms with Gasteiger partial charge in [-0.1, -0.05) is 17.7 Å². The van der Waals surface area contributed by atoms with Crippen molar-refractivity contribution in [2.24, 2.45) is 5.92 Å². The zero-order valence-electron chi connectivity index (χ0n) is 14.7. The van der Waals surface area contributed by atoms with Gasteiger partial charge in [0.15, 0.2) is 0 Å². The first-order valence-electron chi connectivity index (χ1n) is 8.92. The Balaban J connectivity index is 1.52. The van der Waals surface area contributed by atoms with Gasteiger partial charge in [-0.05, 0) is 31.9 Å². The predicted octanol–water partition coefficient (Wildman–Crippen LogP) is 1.15. The first-order valence-corrected chi connectivity index (χ1v) is 8.92. The van der Waals surface area contributed by atoms with Crippen molar-refractivity contribution in [1.82, 2.24) is 14.7 Å². The van der Waals surface area contributed by atoms with Gasteiger partial charge in [-0.15, -0.1) is 0 Å². The Kier molecular flexibility index (Phi) is 5.36. The van der Waals surface area contributed by atoms with E-state index in [2.05, 4.69) is 0 Å². The van der Waals surface area contributed by atoms with Crippen LogP contribution in [0.1, 0.15) is 28.8 Å². The quantitative estimate of drug-likeness (QED) is 0.774. The normalized spacial score (nSPS) is 19.0. The lowest BCUT2D eigenvalue weighted by Gasteiger charge is -2.37. The molecular formula is C19H25N3O3. The van der Waals surface area contributed by atoms with Crippen LogP contribution in [0.15, 0.2) is 24.3 Å². The molecule has 0 aliphatic carbocycles. The Morgan fingerprint density at radius 3 is 2.28 bits per heavy atom. The third-order valence-electron chi connectivity index (χ3n) is 5.17. The van der Waals surface area contributed by atoms with Crippen molar-refractivity contribution in [3.05, 3.63) is 35.4 Å². The number of benzene rings is 1. The number of hydrogen-bond donors (Lipinski definition) is 0. The summed E-state index contributed by atoms with van der Waals surface area (Å²) >= 11 is 0. The lowest BCUT2D eigenvalue weighted by Crippen LogP contribution is -2.51. The minimum Gasteiger partial charge on any atom is -0.342 e. The van der Waals surface area contributed by atoms with Gasteiger partial charge in [0.05, 0.1) is 0 Å². The highest BCUT2D eigenvalue weighted by Gasteiger charge is 2.31. The Morgan fingerprint density at radius 2 is 1.68 bits per heavy atom. The van der Waals surface area contributed by atoms with Crippen LogP contribution in [0, 0.1) is 12.8 Å². The average Bonchev–Trinajstić information content (AvgIpc) is 2.67. The van der Waals surface area contributed by atoms with Crippen molar-refractivity contribution < 1.29 is 14.4 Å². The summed E-state index contributed by atoms with van der Waals surface area (Å²) in [5.41, 5.74) is 1.79. The van der Waals surface area contributed by atoms with Gasteiger partial charge in [0, 0.05) is 50.7 Å². The van der Waals surface area contributed by atoms with E-state index in [4.69, 9.17) is 0 Å². The molecule has 0 unspecified atom stereocenters. The smallest absolute Gasteiger partial charge is 0.253 e. The maximum atomic E-state index is 12.7. The summed E-state index contributed by atoms with van der Waals surface area (Å²) in [6.45, 7) is 5.67. The SMILES string of the molecule is Cc1cccc(C(=O)N2CCC(C(=O)N3CCN(C=O)CC3)CC2)c1. The van der Waals surface area contributed by atoms with E-state index in [0.29, 0.717) is 52.1 Å². The number of hydrogen-bond acceptors (Lipinski definition) is 3. The topological polar surface area (TPSA) is 60.9 Å². The standard InChI is InChI=1S/C19H25N3O3/c1-15-3-2-4-17(13-15)19(25)21-7-5-16(6-8-21)18(24)22-11-9-20(14-23)10-12-22/h2-4,13-14,16H,5-12H2,1H3. The van der Waals surface area contributed by atoms with Crippen molar-refractivity contribution in [2.75, 3.05) is 39.3 Å². The molecule has 0 spiro atoms. The maximum Gasteiger partial charge on any atom is 0.253 e. The molecule has 134 valence electrons. The second kappa shape index (κ2) is 7.68. The summed E-state index contributed by atoms with van der Waals surface area (Å²) in [6.07, 6.45) is 2.27. The minimum atomic E-state index is -0.00987. The molecule has 6 nitrogen and oxygen atoms in total. The molecule has 0 atom stereocenters. The van der Waals surface area contributed by atoms with E-state index in [1.165, 1.54) is 0 Å². The largest absolute Gasteiger partial charge is 0.342 e. The number of likely N-dealkylation sites (tertiary alicyclic amines) is 1. The third kappa shape index (κ3) is 4.00. The summed E-state index contributed by atoms with van der Waals surface area (Å²) in [5.74, 6) is 0.215. The molecule has 0 saturated carbocycles. The lowest BCUT2D eigenvalue weighted by atomic mass is 9.94. The van der Waals surface area contributed by atoms with Crippen molar-refractivity contribution in [3.63, 3.8) is 0 Å². The maximum absolute atomic E-state index is 12.7. The highest BCUT2D eigenvalue weighted by atomic mass is 16.2. The molecule has 6 heteroatoms. The Bertz CT molecular complexity index is 645. The summed E-state index contributed by atoms with van der Waals surface area (Å²) in [4.78, 5) is 41.4. The summed E-state index contributed by atoms with van der Waals surface area (Å²) in [7, 11) is 0. The molecule has 0 N–H and O–H groups in total. The molecule has 2 fully saturated rings. The molecule has 3 amide bonds. The number of piperidine rings is 1.